The predicted molar refractivity (Wildman–Crippen MR) is 84.0 cm³/mol. The summed E-state index contributed by atoms with van der Waals surface area (Å²) in [6.45, 7) is 4.84. The van der Waals surface area contributed by atoms with Crippen LogP contribution in [0.15, 0.2) is 12.4 Å². The first kappa shape index (κ1) is 17.5. The number of aromatic amines is 1. The highest BCUT2D eigenvalue weighted by Crippen LogP contribution is 2.19. The molecule has 0 aliphatic carbocycles. The van der Waals surface area contributed by atoms with Gasteiger partial charge in [0, 0.05) is 18.9 Å². The van der Waals surface area contributed by atoms with E-state index in [1.54, 1.807) is 27.8 Å². The molecule has 0 aromatic carbocycles. The highest BCUT2D eigenvalue weighted by Gasteiger charge is 2.23. The van der Waals surface area contributed by atoms with Crippen molar-refractivity contribution in [3.8, 4) is 0 Å². The zero-order valence-corrected chi connectivity index (χ0v) is 14.0. The minimum absolute atomic E-state index is 0.231. The summed E-state index contributed by atoms with van der Waals surface area (Å²) in [6, 6.07) is 0. The molecular formula is C16H19N3O5. The number of aromatic nitrogens is 3. The lowest BCUT2D eigenvalue weighted by atomic mass is 10.1. The van der Waals surface area contributed by atoms with Crippen molar-refractivity contribution in [3.05, 3.63) is 40.5 Å². The zero-order valence-electron chi connectivity index (χ0n) is 14.0. The third kappa shape index (κ3) is 3.53. The third-order valence-electron chi connectivity index (χ3n) is 3.47. The van der Waals surface area contributed by atoms with Crippen LogP contribution in [0.4, 0.5) is 0 Å². The van der Waals surface area contributed by atoms with Gasteiger partial charge >= 0.3 is 11.9 Å². The van der Waals surface area contributed by atoms with E-state index in [1.165, 1.54) is 17.1 Å². The van der Waals surface area contributed by atoms with Crippen molar-refractivity contribution < 1.29 is 23.9 Å². The quantitative estimate of drug-likeness (QED) is 0.636. The molecule has 2 heterocycles. The first-order valence-corrected chi connectivity index (χ1v) is 7.40. The molecule has 0 bridgehead atoms. The van der Waals surface area contributed by atoms with E-state index in [9.17, 15) is 14.4 Å². The smallest absolute Gasteiger partial charge is 0.341 e. The van der Waals surface area contributed by atoms with Crippen molar-refractivity contribution in [2.45, 2.75) is 20.8 Å². The van der Waals surface area contributed by atoms with Gasteiger partial charge in [-0.15, -0.1) is 0 Å². The minimum atomic E-state index is -0.636. The normalized spacial score (nSPS) is 10.5. The number of H-pyrrole nitrogens is 1. The third-order valence-corrected chi connectivity index (χ3v) is 3.47. The molecule has 0 aliphatic heterocycles. The number of hydrogen-bond acceptors (Lipinski definition) is 6. The summed E-state index contributed by atoms with van der Waals surface area (Å²) in [5.41, 5.74) is 1.84. The van der Waals surface area contributed by atoms with Gasteiger partial charge in [-0.05, 0) is 26.3 Å². The van der Waals surface area contributed by atoms with Crippen molar-refractivity contribution >= 4 is 17.7 Å². The Morgan fingerprint density at radius 2 is 1.92 bits per heavy atom. The number of carbonyl (C=O) groups is 3. The van der Waals surface area contributed by atoms with Gasteiger partial charge in [0.2, 0.25) is 5.78 Å². The van der Waals surface area contributed by atoms with Crippen molar-refractivity contribution in [2.75, 3.05) is 13.2 Å². The average molecular weight is 333 g/mol. The van der Waals surface area contributed by atoms with Crippen LogP contribution in [0.25, 0.3) is 0 Å². The second-order valence-corrected chi connectivity index (χ2v) is 5.25. The second kappa shape index (κ2) is 7.12. The zero-order chi connectivity index (χ0) is 17.9. The SMILES string of the molecule is CCOC(=O)c1c(C)[nH]c(C(=O)COC(=O)c2cnn(C)c2)c1C. The van der Waals surface area contributed by atoms with E-state index in [0.717, 1.165) is 0 Å². The lowest BCUT2D eigenvalue weighted by Crippen LogP contribution is -2.15. The number of ketones is 1. The van der Waals surface area contributed by atoms with Crippen LogP contribution in [0, 0.1) is 13.8 Å². The summed E-state index contributed by atoms with van der Waals surface area (Å²) in [4.78, 5) is 38.9. The summed E-state index contributed by atoms with van der Waals surface area (Å²) in [5, 5.41) is 3.86. The Labute approximate surface area is 138 Å². The van der Waals surface area contributed by atoms with Crippen LogP contribution in [-0.4, -0.2) is 45.7 Å². The predicted octanol–water partition coefficient (Wildman–Crippen LogP) is 1.58. The highest BCUT2D eigenvalue weighted by atomic mass is 16.5. The van der Waals surface area contributed by atoms with Crippen LogP contribution in [0.2, 0.25) is 0 Å². The Balaban J connectivity index is 2.09. The van der Waals surface area contributed by atoms with Crippen LogP contribution in [0.3, 0.4) is 0 Å². The Morgan fingerprint density at radius 1 is 1.21 bits per heavy atom. The molecule has 8 nitrogen and oxygen atoms in total. The van der Waals surface area contributed by atoms with E-state index in [4.69, 9.17) is 9.47 Å². The maximum atomic E-state index is 12.3. The summed E-state index contributed by atoms with van der Waals surface area (Å²) in [7, 11) is 1.67. The fraction of sp³-hybridized carbons (Fsp3) is 0.375. The highest BCUT2D eigenvalue weighted by molar-refractivity contribution is 6.03. The molecule has 0 spiro atoms. The van der Waals surface area contributed by atoms with E-state index in [0.29, 0.717) is 16.8 Å². The van der Waals surface area contributed by atoms with Crippen LogP contribution >= 0.6 is 0 Å². The number of esters is 2. The van der Waals surface area contributed by atoms with E-state index in [2.05, 4.69) is 10.1 Å². The van der Waals surface area contributed by atoms with E-state index >= 15 is 0 Å². The van der Waals surface area contributed by atoms with Gasteiger partial charge in [0.05, 0.1) is 29.6 Å². The average Bonchev–Trinajstić information content (AvgIpc) is 3.08. The number of ether oxygens (including phenoxy) is 2. The largest absolute Gasteiger partial charge is 0.462 e. The first-order chi connectivity index (χ1) is 11.3. The molecule has 0 atom stereocenters. The van der Waals surface area contributed by atoms with Gasteiger partial charge in [0.15, 0.2) is 6.61 Å². The molecule has 24 heavy (non-hydrogen) atoms. The number of Topliss-reactive ketones (excluding diaryl/α,β-unsaturated/α-hetero) is 1. The van der Waals surface area contributed by atoms with E-state index < -0.39 is 24.3 Å². The molecule has 0 aliphatic rings. The Kier molecular flexibility index (Phi) is 5.18. The minimum Gasteiger partial charge on any atom is -0.462 e. The lowest BCUT2D eigenvalue weighted by molar-refractivity contribution is 0.0472. The monoisotopic (exact) mass is 333 g/mol. The van der Waals surface area contributed by atoms with Crippen LogP contribution in [-0.2, 0) is 16.5 Å². The van der Waals surface area contributed by atoms with Crippen molar-refractivity contribution in [1.82, 2.24) is 14.8 Å². The molecule has 2 rings (SSSR count). The fourth-order valence-corrected chi connectivity index (χ4v) is 2.35. The van der Waals surface area contributed by atoms with E-state index in [1.807, 2.05) is 0 Å². The molecule has 0 saturated carbocycles. The molecule has 128 valence electrons. The molecule has 0 unspecified atom stereocenters. The summed E-state index contributed by atoms with van der Waals surface area (Å²) < 4.78 is 11.4. The Hall–Kier alpha value is -2.90. The van der Waals surface area contributed by atoms with Gasteiger partial charge in [-0.25, -0.2) is 9.59 Å². The summed E-state index contributed by atoms with van der Waals surface area (Å²) in [5.74, 6) is -1.55. The number of carbonyl (C=O) groups excluding carboxylic acids is 3. The Morgan fingerprint density at radius 3 is 2.50 bits per heavy atom. The summed E-state index contributed by atoms with van der Waals surface area (Å²) >= 11 is 0. The maximum absolute atomic E-state index is 12.3. The van der Waals surface area contributed by atoms with Crippen LogP contribution < -0.4 is 0 Å². The van der Waals surface area contributed by atoms with Gasteiger partial charge in [0.25, 0.3) is 0 Å². The maximum Gasteiger partial charge on any atom is 0.341 e. The number of hydrogen-bond donors (Lipinski definition) is 1. The molecule has 0 radical (unpaired) electrons. The fourth-order valence-electron chi connectivity index (χ4n) is 2.35. The van der Waals surface area contributed by atoms with Crippen LogP contribution in [0.5, 0.6) is 0 Å². The first-order valence-electron chi connectivity index (χ1n) is 7.40. The van der Waals surface area contributed by atoms with Gasteiger partial charge in [0.1, 0.15) is 0 Å². The Bertz CT molecular complexity index is 788. The van der Waals surface area contributed by atoms with E-state index in [-0.39, 0.29) is 17.9 Å². The number of nitrogens with zero attached hydrogens (tertiary/aromatic N) is 2. The molecule has 8 heteroatoms. The van der Waals surface area contributed by atoms with Crippen molar-refractivity contribution in [1.29, 1.82) is 0 Å². The summed E-state index contributed by atoms with van der Waals surface area (Å²) in [6.07, 6.45) is 2.85. The number of aryl methyl sites for hydroxylation is 2. The van der Waals surface area contributed by atoms with Gasteiger partial charge in [-0.3, -0.25) is 9.48 Å². The molecule has 0 saturated heterocycles. The van der Waals surface area contributed by atoms with Gasteiger partial charge in [-0.2, -0.15) is 5.10 Å². The molecule has 0 amide bonds. The topological polar surface area (TPSA) is 103 Å². The number of rotatable bonds is 6. The lowest BCUT2D eigenvalue weighted by Gasteiger charge is -2.04. The molecule has 2 aromatic heterocycles. The molecule has 1 N–H and O–H groups in total. The molecular weight excluding hydrogens is 314 g/mol. The van der Waals surface area contributed by atoms with Gasteiger partial charge < -0.3 is 14.5 Å². The number of nitrogens with one attached hydrogen (secondary N) is 1. The molecule has 0 fully saturated rings. The second-order valence-electron chi connectivity index (χ2n) is 5.25. The van der Waals surface area contributed by atoms with Crippen LogP contribution in [0.1, 0.15) is 49.4 Å². The standard InChI is InChI=1S/C16H19N3O5/c1-5-23-16(22)13-9(2)14(18-10(13)3)12(20)8-24-15(21)11-6-17-19(4)7-11/h6-7,18H,5,8H2,1-4H3. The van der Waals surface area contributed by atoms with Crippen molar-refractivity contribution in [2.24, 2.45) is 7.05 Å². The molecule has 2 aromatic rings. The van der Waals surface area contributed by atoms with Gasteiger partial charge in [-0.1, -0.05) is 0 Å². The van der Waals surface area contributed by atoms with Crippen molar-refractivity contribution in [3.63, 3.8) is 0 Å².